The van der Waals surface area contributed by atoms with E-state index in [-0.39, 0.29) is 26.4 Å². The third-order valence-corrected chi connectivity index (χ3v) is 11.1. The van der Waals surface area contributed by atoms with E-state index in [0.717, 1.165) is 33.2 Å². The van der Waals surface area contributed by atoms with E-state index < -0.39 is 95.4 Å². The van der Waals surface area contributed by atoms with Gasteiger partial charge in [-0.25, -0.2) is 13.9 Å². The van der Waals surface area contributed by atoms with E-state index in [1.54, 1.807) is 0 Å². The van der Waals surface area contributed by atoms with Crippen molar-refractivity contribution in [3.05, 3.63) is 81.1 Å². The van der Waals surface area contributed by atoms with Crippen LogP contribution in [0.1, 0.15) is 11.8 Å². The third-order valence-electron chi connectivity index (χ3n) is 8.50. The summed E-state index contributed by atoms with van der Waals surface area (Å²) in [4.78, 5) is 45.8. The van der Waals surface area contributed by atoms with Crippen LogP contribution < -0.4 is 11.2 Å². The van der Waals surface area contributed by atoms with Crippen LogP contribution in [0.5, 0.6) is 0 Å². The number of hydrogen-bond donors (Lipinski definition) is 8. The molecule has 2 aliphatic heterocycles. The average Bonchev–Trinajstić information content (AvgIpc) is 3.43. The number of aliphatic hydroxyl groups is 5. The predicted molar refractivity (Wildman–Crippen MR) is 188 cm³/mol. The highest BCUT2D eigenvalue weighted by molar-refractivity contribution is 7.61. The highest BCUT2D eigenvalue weighted by Gasteiger charge is 2.50. The van der Waals surface area contributed by atoms with Crippen molar-refractivity contribution in [3.8, 4) is 0 Å². The van der Waals surface area contributed by atoms with Crippen molar-refractivity contribution >= 4 is 26.4 Å². The first kappa shape index (κ1) is 44.3. The van der Waals surface area contributed by atoms with E-state index in [1.165, 1.54) is 0 Å². The standard InChI is InChI=1S/C32H44N2O20P2/c35-16-22-25(37)27(39)29(49-14-13-47-10-9-46-11-12-48-17-19-5-6-20-3-1-2-4-21(20)15-19)31(52-22)53-56(44,45)54-55(42,43)50-18-23-26(38)28(40)30(51-23)34-8-7-24(36)33-32(34)41/h1-8,15,22-23,25-31,35,37-40H,9-14,16-18H2,(H,42,43)(H,44,45)(H,33,36,41)/t22-,23+,25-,26+,27-,28+,29-,30?,31+/m0/s1. The van der Waals surface area contributed by atoms with Crippen molar-refractivity contribution in [2.45, 2.75) is 61.9 Å². The number of nitrogens with one attached hydrogen (secondary N) is 1. The number of ether oxygens (including phenoxy) is 6. The fourth-order valence-corrected chi connectivity index (χ4v) is 7.87. The summed E-state index contributed by atoms with van der Waals surface area (Å²) in [6.45, 7) is -0.894. The van der Waals surface area contributed by atoms with Crippen LogP contribution in [0, 0.1) is 0 Å². The number of phosphoric ester groups is 2. The average molecular weight is 839 g/mol. The maximum Gasteiger partial charge on any atom is 0.483 e. The number of aromatic nitrogens is 2. The predicted octanol–water partition coefficient (Wildman–Crippen LogP) is -1.37. The molecule has 11 atom stereocenters. The maximum atomic E-state index is 12.8. The zero-order chi connectivity index (χ0) is 40.5. The maximum absolute atomic E-state index is 12.8. The molecule has 8 N–H and O–H groups in total. The Hall–Kier alpha value is -2.80. The molecule has 0 spiro atoms. The number of fused-ring (bicyclic) bond motifs is 1. The van der Waals surface area contributed by atoms with Gasteiger partial charge < -0.3 is 63.7 Å². The SMILES string of the molecule is O=c1ccn(C2O[C@H](COP(=O)(O)OP(=O)(O)O[C@H]3O[C@@H](CO)[C@H](O)[C@H](O)[C@@H]3OCCOCCOCCOCc3ccc4ccccc4c3)[C@@H](O)[C@H]2O)c(=O)[nH]1. The minimum absolute atomic E-state index is 0.0915. The Labute approximate surface area is 317 Å². The molecule has 1 aromatic heterocycles. The summed E-state index contributed by atoms with van der Waals surface area (Å²) in [5.74, 6) is 0. The van der Waals surface area contributed by atoms with Gasteiger partial charge in [-0.15, -0.1) is 0 Å². The molecule has 2 aliphatic rings. The number of hydrogen-bond acceptors (Lipinski definition) is 18. The van der Waals surface area contributed by atoms with Crippen LogP contribution >= 0.6 is 15.6 Å². The fourth-order valence-electron chi connectivity index (χ4n) is 5.72. The second kappa shape index (κ2) is 20.3. The number of aromatic amines is 1. The normalized spacial score (nSPS) is 28.9. The molecule has 2 saturated heterocycles. The Morgan fingerprint density at radius 2 is 1.41 bits per heavy atom. The molecule has 2 fully saturated rings. The summed E-state index contributed by atoms with van der Waals surface area (Å²) in [6, 6.07) is 15.0. The summed E-state index contributed by atoms with van der Waals surface area (Å²) in [5, 5.41) is 53.5. The molecular formula is C32H44N2O20P2. The van der Waals surface area contributed by atoms with Crippen molar-refractivity contribution in [2.75, 3.05) is 52.9 Å². The zero-order valence-electron chi connectivity index (χ0n) is 29.5. The first-order valence-corrected chi connectivity index (χ1v) is 20.1. The van der Waals surface area contributed by atoms with Crippen molar-refractivity contribution in [3.63, 3.8) is 0 Å². The van der Waals surface area contributed by atoms with Crippen LogP contribution in [0.3, 0.4) is 0 Å². The minimum Gasteiger partial charge on any atom is -0.394 e. The molecule has 3 heterocycles. The fraction of sp³-hybridized carbons (Fsp3) is 0.562. The highest BCUT2D eigenvalue weighted by Crippen LogP contribution is 2.61. The summed E-state index contributed by atoms with van der Waals surface area (Å²) < 4.78 is 72.7. The smallest absolute Gasteiger partial charge is 0.394 e. The molecule has 56 heavy (non-hydrogen) atoms. The van der Waals surface area contributed by atoms with Gasteiger partial charge >= 0.3 is 21.3 Å². The van der Waals surface area contributed by atoms with E-state index in [4.69, 9.17) is 32.9 Å². The monoisotopic (exact) mass is 838 g/mol. The first-order valence-electron chi connectivity index (χ1n) is 17.2. The Bertz CT molecular complexity index is 1930. The first-order chi connectivity index (χ1) is 26.7. The topological polar surface area (TPSA) is 314 Å². The van der Waals surface area contributed by atoms with Gasteiger partial charge in [0.1, 0.15) is 42.7 Å². The van der Waals surface area contributed by atoms with Crippen molar-refractivity contribution in [2.24, 2.45) is 0 Å². The van der Waals surface area contributed by atoms with Gasteiger partial charge in [0, 0.05) is 12.3 Å². The molecule has 3 aromatic rings. The molecule has 0 amide bonds. The number of rotatable bonds is 21. The van der Waals surface area contributed by atoms with Crippen LogP contribution in [-0.2, 0) is 57.5 Å². The molecule has 0 bridgehead atoms. The number of H-pyrrole nitrogens is 1. The van der Waals surface area contributed by atoms with Crippen LogP contribution in [0.4, 0.5) is 0 Å². The largest absolute Gasteiger partial charge is 0.483 e. The quantitative estimate of drug-likeness (QED) is 0.0453. The number of phosphoric acid groups is 2. The lowest BCUT2D eigenvalue weighted by atomic mass is 9.99. The second-order valence-corrected chi connectivity index (χ2v) is 15.5. The van der Waals surface area contributed by atoms with Crippen LogP contribution in [0.25, 0.3) is 10.8 Å². The summed E-state index contributed by atoms with van der Waals surface area (Å²) in [6.07, 6.45) is -14.7. The summed E-state index contributed by atoms with van der Waals surface area (Å²) >= 11 is 0. The van der Waals surface area contributed by atoms with Gasteiger partial charge in [0.25, 0.3) is 5.56 Å². The molecular weight excluding hydrogens is 794 g/mol. The summed E-state index contributed by atoms with van der Waals surface area (Å²) in [5.41, 5.74) is -0.721. The minimum atomic E-state index is -5.66. The van der Waals surface area contributed by atoms with Crippen molar-refractivity contribution in [1.29, 1.82) is 0 Å². The highest BCUT2D eigenvalue weighted by atomic mass is 31.3. The van der Waals surface area contributed by atoms with E-state index in [1.807, 2.05) is 41.4 Å². The van der Waals surface area contributed by atoms with E-state index in [2.05, 4.69) is 14.9 Å². The third kappa shape index (κ3) is 12.1. The van der Waals surface area contributed by atoms with Gasteiger partial charge in [-0.1, -0.05) is 36.4 Å². The molecule has 22 nitrogen and oxygen atoms in total. The zero-order valence-corrected chi connectivity index (χ0v) is 31.3. The molecule has 3 unspecified atom stereocenters. The van der Waals surface area contributed by atoms with Crippen LogP contribution in [0.2, 0.25) is 0 Å². The second-order valence-electron chi connectivity index (χ2n) is 12.5. The van der Waals surface area contributed by atoms with Crippen LogP contribution in [0.15, 0.2) is 64.3 Å². The lowest BCUT2D eigenvalue weighted by Gasteiger charge is -2.41. The lowest BCUT2D eigenvalue weighted by molar-refractivity contribution is -0.291. The molecule has 0 aliphatic carbocycles. The molecule has 24 heteroatoms. The number of nitrogens with zero attached hydrogens (tertiary/aromatic N) is 1. The van der Waals surface area contributed by atoms with E-state index in [0.29, 0.717) is 19.8 Å². The molecule has 5 rings (SSSR count). The Kier molecular flexibility index (Phi) is 16.0. The number of benzene rings is 2. The van der Waals surface area contributed by atoms with Gasteiger partial charge in [0.05, 0.1) is 59.5 Å². The van der Waals surface area contributed by atoms with Crippen molar-refractivity contribution in [1.82, 2.24) is 9.55 Å². The van der Waals surface area contributed by atoms with Gasteiger partial charge in [-0.05, 0) is 22.4 Å². The van der Waals surface area contributed by atoms with Gasteiger partial charge in [-0.2, -0.15) is 4.31 Å². The molecule has 0 saturated carbocycles. The van der Waals surface area contributed by atoms with Gasteiger partial charge in [0.2, 0.25) is 0 Å². The van der Waals surface area contributed by atoms with Gasteiger partial charge in [-0.3, -0.25) is 23.4 Å². The van der Waals surface area contributed by atoms with E-state index >= 15 is 0 Å². The molecule has 0 radical (unpaired) electrons. The van der Waals surface area contributed by atoms with Crippen LogP contribution in [-0.4, -0.2) is 147 Å². The summed E-state index contributed by atoms with van der Waals surface area (Å²) in [7, 11) is -11.2. The Morgan fingerprint density at radius 3 is 2.11 bits per heavy atom. The number of aliphatic hydroxyl groups excluding tert-OH is 5. The Balaban J connectivity index is 1.03. The molecule has 312 valence electrons. The van der Waals surface area contributed by atoms with Gasteiger partial charge in [0.15, 0.2) is 12.5 Å². The Morgan fingerprint density at radius 1 is 0.750 bits per heavy atom. The lowest BCUT2D eigenvalue weighted by Crippen LogP contribution is -2.60. The molecule has 2 aromatic carbocycles. The van der Waals surface area contributed by atoms with E-state index in [9.17, 15) is 54.0 Å². The van der Waals surface area contributed by atoms with Crippen molar-refractivity contribution < 1.29 is 86.2 Å².